The molecule has 3 aromatic heterocycles. The third-order valence-corrected chi connectivity index (χ3v) is 5.30. The Morgan fingerprint density at radius 2 is 1.94 bits per heavy atom. The molecule has 0 atom stereocenters. The molecular formula is C22H17ClFN7O. The number of aryl methyl sites for hydroxylation is 1. The van der Waals surface area contributed by atoms with Gasteiger partial charge in [0.05, 0.1) is 21.8 Å². The van der Waals surface area contributed by atoms with Crippen LogP contribution in [0.25, 0.3) is 28.5 Å². The summed E-state index contributed by atoms with van der Waals surface area (Å²) in [6, 6.07) is 12.2. The van der Waals surface area contributed by atoms with Gasteiger partial charge in [0.2, 0.25) is 5.78 Å². The molecule has 5 rings (SSSR count). The highest BCUT2D eigenvalue weighted by Crippen LogP contribution is 2.40. The van der Waals surface area contributed by atoms with Gasteiger partial charge in [-0.25, -0.2) is 14.4 Å². The highest BCUT2D eigenvalue weighted by Gasteiger charge is 2.24. The van der Waals surface area contributed by atoms with Crippen LogP contribution in [0.2, 0.25) is 5.02 Å². The average molecular weight is 450 g/mol. The third kappa shape index (κ3) is 3.32. The average Bonchev–Trinajstić information content (AvgIpc) is 3.41. The Hall–Kier alpha value is -3.98. The fraction of sp³-hybridized carbons (Fsp3) is 0.0909. The molecule has 0 bridgehead atoms. The number of imidazole rings is 1. The van der Waals surface area contributed by atoms with E-state index in [-0.39, 0.29) is 17.5 Å². The largest absolute Gasteiger partial charge is 0.403 e. The maximum atomic E-state index is 15.3. The van der Waals surface area contributed by atoms with Crippen molar-refractivity contribution in [2.45, 2.75) is 6.92 Å². The van der Waals surface area contributed by atoms with Gasteiger partial charge in [0, 0.05) is 19.4 Å². The molecule has 0 radical (unpaired) electrons. The summed E-state index contributed by atoms with van der Waals surface area (Å²) in [7, 11) is 1.66. The third-order valence-electron chi connectivity index (χ3n) is 4.99. The van der Waals surface area contributed by atoms with Crippen molar-refractivity contribution in [3.8, 4) is 22.7 Å². The van der Waals surface area contributed by atoms with Crippen LogP contribution in [0.4, 0.5) is 21.9 Å². The number of para-hydroxylation sites is 1. The molecule has 0 fully saturated rings. The lowest BCUT2D eigenvalue weighted by Gasteiger charge is -2.14. The first-order chi connectivity index (χ1) is 15.6. The summed E-state index contributed by atoms with van der Waals surface area (Å²) in [6.07, 6.45) is 3.41. The second-order valence-corrected chi connectivity index (χ2v) is 7.39. The van der Waals surface area contributed by atoms with Crippen LogP contribution in [0.15, 0.2) is 59.3 Å². The minimum absolute atomic E-state index is 0.161. The predicted molar refractivity (Wildman–Crippen MR) is 121 cm³/mol. The summed E-state index contributed by atoms with van der Waals surface area (Å²) in [5, 5.41) is 14.6. The Labute approximate surface area is 187 Å². The normalized spacial score (nSPS) is 11.1. The second-order valence-electron chi connectivity index (χ2n) is 6.98. The summed E-state index contributed by atoms with van der Waals surface area (Å²) in [4.78, 5) is 8.93. The van der Waals surface area contributed by atoms with Crippen molar-refractivity contribution in [2.75, 3.05) is 17.7 Å². The smallest absolute Gasteiger partial charge is 0.315 e. The number of rotatable bonds is 5. The van der Waals surface area contributed by atoms with Crippen LogP contribution in [-0.4, -0.2) is 31.6 Å². The number of benzene rings is 2. The number of nitrogens with zero attached hydrogens (tertiary/aromatic N) is 5. The molecule has 2 N–H and O–H groups in total. The molecule has 8 nitrogen and oxygen atoms in total. The van der Waals surface area contributed by atoms with E-state index in [9.17, 15) is 0 Å². The Morgan fingerprint density at radius 3 is 2.72 bits per heavy atom. The van der Waals surface area contributed by atoms with Crippen molar-refractivity contribution in [1.29, 1.82) is 0 Å². The monoisotopic (exact) mass is 449 g/mol. The Morgan fingerprint density at radius 1 is 1.09 bits per heavy atom. The zero-order chi connectivity index (χ0) is 22.2. The van der Waals surface area contributed by atoms with Crippen molar-refractivity contribution in [3.63, 3.8) is 0 Å². The van der Waals surface area contributed by atoms with Gasteiger partial charge in [-0.05, 0) is 36.8 Å². The molecule has 0 saturated heterocycles. The van der Waals surface area contributed by atoms with Gasteiger partial charge in [-0.1, -0.05) is 34.9 Å². The maximum Gasteiger partial charge on any atom is 0.315 e. The van der Waals surface area contributed by atoms with Gasteiger partial charge in [-0.2, -0.15) is 0 Å². The first-order valence-electron chi connectivity index (χ1n) is 9.72. The molecule has 5 aromatic rings. The number of anilines is 3. The molecule has 0 aliphatic carbocycles. The molecule has 10 heteroatoms. The zero-order valence-corrected chi connectivity index (χ0v) is 17.9. The minimum Gasteiger partial charge on any atom is -0.403 e. The van der Waals surface area contributed by atoms with Gasteiger partial charge < -0.3 is 15.1 Å². The molecular weight excluding hydrogens is 433 g/mol. The van der Waals surface area contributed by atoms with E-state index in [1.54, 1.807) is 48.1 Å². The fourth-order valence-electron chi connectivity index (χ4n) is 3.47. The van der Waals surface area contributed by atoms with Crippen LogP contribution in [0, 0.1) is 12.7 Å². The number of nitrogens with one attached hydrogen (secondary N) is 2. The van der Waals surface area contributed by atoms with E-state index in [2.05, 4.69) is 30.8 Å². The Bertz CT molecular complexity index is 1430. The zero-order valence-electron chi connectivity index (χ0n) is 17.1. The molecule has 0 unspecified atom stereocenters. The number of hydrogen-bond acceptors (Lipinski definition) is 7. The Balaban J connectivity index is 1.77. The van der Waals surface area contributed by atoms with Crippen molar-refractivity contribution < 1.29 is 8.81 Å². The highest BCUT2D eigenvalue weighted by molar-refractivity contribution is 6.33. The maximum absolute atomic E-state index is 15.3. The van der Waals surface area contributed by atoms with E-state index in [1.165, 1.54) is 6.07 Å². The van der Waals surface area contributed by atoms with E-state index in [1.807, 2.05) is 19.1 Å². The number of fused-ring (bicyclic) bond motifs is 1. The van der Waals surface area contributed by atoms with Gasteiger partial charge in [0.15, 0.2) is 0 Å². The molecule has 0 amide bonds. The topological polar surface area (TPSA) is 93.2 Å². The quantitative estimate of drug-likeness (QED) is 0.374. The van der Waals surface area contributed by atoms with Gasteiger partial charge in [-0.3, -0.25) is 4.40 Å². The fourth-order valence-corrected chi connectivity index (χ4v) is 3.73. The molecule has 2 aromatic carbocycles. The second kappa shape index (κ2) is 7.93. The molecule has 0 spiro atoms. The molecule has 0 aliphatic rings. The lowest BCUT2D eigenvalue weighted by molar-refractivity contribution is 0.583. The van der Waals surface area contributed by atoms with Gasteiger partial charge in [-0.15, -0.1) is 5.10 Å². The van der Waals surface area contributed by atoms with Gasteiger partial charge >= 0.3 is 6.01 Å². The number of hydrogen-bond donors (Lipinski definition) is 2. The molecule has 3 heterocycles. The van der Waals surface area contributed by atoms with Crippen LogP contribution in [-0.2, 0) is 0 Å². The number of halogens is 2. The summed E-state index contributed by atoms with van der Waals surface area (Å²) in [5.74, 6) is 0.567. The minimum atomic E-state index is -0.492. The highest BCUT2D eigenvalue weighted by atomic mass is 35.5. The van der Waals surface area contributed by atoms with E-state index in [4.69, 9.17) is 16.0 Å². The van der Waals surface area contributed by atoms with Crippen LogP contribution in [0.3, 0.4) is 0 Å². The first kappa shape index (κ1) is 20.0. The molecule has 0 aliphatic heterocycles. The lowest BCUT2D eigenvalue weighted by Crippen LogP contribution is -2.01. The summed E-state index contributed by atoms with van der Waals surface area (Å²) >= 11 is 6.45. The van der Waals surface area contributed by atoms with E-state index < -0.39 is 5.82 Å². The summed E-state index contributed by atoms with van der Waals surface area (Å²) in [5.41, 5.74) is 2.55. The van der Waals surface area contributed by atoms with Crippen LogP contribution in [0.5, 0.6) is 0 Å². The van der Waals surface area contributed by atoms with E-state index in [0.29, 0.717) is 33.6 Å². The van der Waals surface area contributed by atoms with Crippen molar-refractivity contribution >= 4 is 34.9 Å². The van der Waals surface area contributed by atoms with Crippen molar-refractivity contribution in [3.05, 3.63) is 71.3 Å². The number of aromatic nitrogens is 5. The van der Waals surface area contributed by atoms with Crippen LogP contribution >= 0.6 is 11.6 Å². The molecule has 0 saturated carbocycles. The first-order valence-corrected chi connectivity index (χ1v) is 10.1. The van der Waals surface area contributed by atoms with E-state index in [0.717, 1.165) is 5.56 Å². The van der Waals surface area contributed by atoms with Crippen LogP contribution < -0.4 is 10.6 Å². The van der Waals surface area contributed by atoms with E-state index >= 15 is 4.39 Å². The predicted octanol–water partition coefficient (Wildman–Crippen LogP) is 5.33. The SMILES string of the molecule is CNc1nnc(-c2cccc(F)c2-c2nc3ncccn3c2Nc2c(C)cccc2Cl)o1. The van der Waals surface area contributed by atoms with Crippen molar-refractivity contribution in [2.24, 2.45) is 0 Å². The lowest BCUT2D eigenvalue weighted by atomic mass is 10.0. The van der Waals surface area contributed by atoms with Crippen molar-refractivity contribution in [1.82, 2.24) is 24.6 Å². The summed E-state index contributed by atoms with van der Waals surface area (Å²) in [6.45, 7) is 1.93. The molecule has 32 heavy (non-hydrogen) atoms. The molecule has 160 valence electrons. The summed E-state index contributed by atoms with van der Waals surface area (Å²) < 4.78 is 22.6. The van der Waals surface area contributed by atoms with Gasteiger partial charge in [0.25, 0.3) is 5.89 Å². The Kier molecular flexibility index (Phi) is 4.95. The standard InChI is InChI=1S/C22H17ClFN7O/c1-12-6-3-8-14(23)17(12)27-19-18(28-21-26-10-5-11-31(19)21)16-13(7-4-9-15(16)24)20-29-30-22(25-2)32-20/h3-11,27H,1-2H3,(H,25,30). The van der Waals surface area contributed by atoms with Gasteiger partial charge in [0.1, 0.15) is 17.3 Å². The van der Waals surface area contributed by atoms with Crippen LogP contribution in [0.1, 0.15) is 5.56 Å².